The van der Waals surface area contributed by atoms with Gasteiger partial charge in [0.2, 0.25) is 0 Å². The molecule has 5 nitrogen and oxygen atoms in total. The number of piperazine rings is 1. The van der Waals surface area contributed by atoms with E-state index in [1.54, 1.807) is 0 Å². The maximum absolute atomic E-state index is 13.2. The summed E-state index contributed by atoms with van der Waals surface area (Å²) in [5.74, 6) is 0.636. The number of benzene rings is 2. The Balaban J connectivity index is 1.44. The Kier molecular flexibility index (Phi) is 6.12. The van der Waals surface area contributed by atoms with E-state index in [1.807, 2.05) is 54.6 Å². The Labute approximate surface area is 170 Å². The smallest absolute Gasteiger partial charge is 0.151 e. The highest BCUT2D eigenvalue weighted by molar-refractivity contribution is 5.59. The first kappa shape index (κ1) is 19.5. The second-order valence-electron chi connectivity index (χ2n) is 7.35. The van der Waals surface area contributed by atoms with Crippen molar-refractivity contribution in [1.29, 1.82) is 0 Å². The van der Waals surface area contributed by atoms with Crippen LogP contribution in [0.4, 0.5) is 10.2 Å². The van der Waals surface area contributed by atoms with Crippen molar-refractivity contribution in [2.75, 3.05) is 31.1 Å². The van der Waals surface area contributed by atoms with E-state index in [4.69, 9.17) is 0 Å². The highest BCUT2D eigenvalue weighted by atomic mass is 19.1. The number of aromatic nitrogens is 2. The summed E-state index contributed by atoms with van der Waals surface area (Å²) in [6.45, 7) is 3.35. The Morgan fingerprint density at radius 1 is 0.931 bits per heavy atom. The molecule has 1 fully saturated rings. The van der Waals surface area contributed by atoms with Gasteiger partial charge in [-0.1, -0.05) is 42.5 Å². The number of rotatable bonds is 6. The predicted octanol–water partition coefficient (Wildman–Crippen LogP) is 3.36. The third kappa shape index (κ3) is 4.78. The monoisotopic (exact) mass is 392 g/mol. The van der Waals surface area contributed by atoms with Crippen LogP contribution in [0.5, 0.6) is 0 Å². The van der Waals surface area contributed by atoms with Crippen LogP contribution < -0.4 is 4.90 Å². The van der Waals surface area contributed by atoms with E-state index in [1.165, 1.54) is 12.1 Å². The Morgan fingerprint density at radius 2 is 1.72 bits per heavy atom. The van der Waals surface area contributed by atoms with Crippen LogP contribution in [0.25, 0.3) is 11.3 Å². The second-order valence-corrected chi connectivity index (χ2v) is 7.35. The molecule has 2 aromatic carbocycles. The molecule has 1 aromatic heterocycles. The molecule has 1 aliphatic rings. The van der Waals surface area contributed by atoms with Crippen LogP contribution in [0.3, 0.4) is 0 Å². The number of hydrogen-bond donors (Lipinski definition) is 1. The third-order valence-corrected chi connectivity index (χ3v) is 5.41. The zero-order chi connectivity index (χ0) is 20.1. The van der Waals surface area contributed by atoms with Crippen LogP contribution in [0.1, 0.15) is 12.0 Å². The van der Waals surface area contributed by atoms with Gasteiger partial charge < -0.3 is 10.0 Å². The number of nitrogens with zero attached hydrogens (tertiary/aromatic N) is 4. The van der Waals surface area contributed by atoms with Crippen molar-refractivity contribution in [3.8, 4) is 11.3 Å². The summed E-state index contributed by atoms with van der Waals surface area (Å²) in [7, 11) is 0. The molecular formula is C23H25FN4O. The van der Waals surface area contributed by atoms with Crippen molar-refractivity contribution in [1.82, 2.24) is 15.1 Å². The van der Waals surface area contributed by atoms with Gasteiger partial charge in [-0.05, 0) is 36.2 Å². The minimum absolute atomic E-state index is 0.136. The van der Waals surface area contributed by atoms with Crippen molar-refractivity contribution in [2.45, 2.75) is 19.0 Å². The summed E-state index contributed by atoms with van der Waals surface area (Å²) in [6, 6.07) is 20.9. The molecule has 1 saturated heterocycles. The molecule has 0 spiro atoms. The van der Waals surface area contributed by atoms with Crippen LogP contribution in [0.15, 0.2) is 66.7 Å². The zero-order valence-electron chi connectivity index (χ0n) is 16.3. The van der Waals surface area contributed by atoms with E-state index in [0.717, 1.165) is 48.8 Å². The summed E-state index contributed by atoms with van der Waals surface area (Å²) >= 11 is 0. The summed E-state index contributed by atoms with van der Waals surface area (Å²) in [5, 5.41) is 18.4. The number of aliphatic hydroxyl groups is 1. The molecule has 1 aliphatic heterocycles. The van der Waals surface area contributed by atoms with Crippen LogP contribution in [-0.4, -0.2) is 52.5 Å². The van der Waals surface area contributed by atoms with Gasteiger partial charge >= 0.3 is 0 Å². The SMILES string of the molecule is OCC[C@@H]1CN(c2ccc(-c3ccccc3)nn2)CCN1Cc1ccc(F)cc1. The molecule has 4 rings (SSSR count). The minimum atomic E-state index is -0.219. The van der Waals surface area contributed by atoms with Crippen LogP contribution in [0, 0.1) is 5.82 Å². The molecule has 0 aliphatic carbocycles. The van der Waals surface area contributed by atoms with E-state index in [-0.39, 0.29) is 18.5 Å². The molecule has 6 heteroatoms. The summed E-state index contributed by atoms with van der Waals surface area (Å²) in [4.78, 5) is 4.58. The van der Waals surface area contributed by atoms with Gasteiger partial charge in [0, 0.05) is 44.4 Å². The molecule has 29 heavy (non-hydrogen) atoms. The van der Waals surface area contributed by atoms with Crippen molar-refractivity contribution < 1.29 is 9.50 Å². The van der Waals surface area contributed by atoms with E-state index in [2.05, 4.69) is 20.0 Å². The van der Waals surface area contributed by atoms with Crippen LogP contribution in [0.2, 0.25) is 0 Å². The number of hydrogen-bond acceptors (Lipinski definition) is 5. The van der Waals surface area contributed by atoms with Gasteiger partial charge in [-0.25, -0.2) is 4.39 Å². The molecule has 0 saturated carbocycles. The van der Waals surface area contributed by atoms with E-state index < -0.39 is 0 Å². The van der Waals surface area contributed by atoms with Crippen LogP contribution in [-0.2, 0) is 6.54 Å². The molecule has 1 N–H and O–H groups in total. The largest absolute Gasteiger partial charge is 0.396 e. The quantitative estimate of drug-likeness (QED) is 0.697. The number of halogens is 1. The van der Waals surface area contributed by atoms with E-state index in [0.29, 0.717) is 6.42 Å². The first-order valence-electron chi connectivity index (χ1n) is 9.96. The van der Waals surface area contributed by atoms with Gasteiger partial charge in [0.05, 0.1) is 5.69 Å². The fraction of sp³-hybridized carbons (Fsp3) is 0.304. The van der Waals surface area contributed by atoms with Crippen molar-refractivity contribution in [2.24, 2.45) is 0 Å². The van der Waals surface area contributed by atoms with Gasteiger partial charge in [-0.15, -0.1) is 10.2 Å². The topological polar surface area (TPSA) is 52.5 Å². The second kappa shape index (κ2) is 9.11. The van der Waals surface area contributed by atoms with Gasteiger partial charge in [-0.3, -0.25) is 4.90 Å². The Bertz CT molecular complexity index is 902. The fourth-order valence-corrected chi connectivity index (χ4v) is 3.81. The molecular weight excluding hydrogens is 367 g/mol. The number of anilines is 1. The minimum Gasteiger partial charge on any atom is -0.396 e. The Morgan fingerprint density at radius 3 is 2.41 bits per heavy atom. The summed E-state index contributed by atoms with van der Waals surface area (Å²) in [6.07, 6.45) is 0.688. The molecule has 1 atom stereocenters. The highest BCUT2D eigenvalue weighted by Gasteiger charge is 2.27. The van der Waals surface area contributed by atoms with Gasteiger partial charge in [0.1, 0.15) is 5.82 Å². The average Bonchev–Trinajstić information content (AvgIpc) is 2.77. The Hall–Kier alpha value is -2.83. The highest BCUT2D eigenvalue weighted by Crippen LogP contribution is 2.22. The van der Waals surface area contributed by atoms with Crippen LogP contribution >= 0.6 is 0 Å². The molecule has 0 unspecified atom stereocenters. The molecule has 0 amide bonds. The normalized spacial score (nSPS) is 17.4. The lowest BCUT2D eigenvalue weighted by Crippen LogP contribution is -2.53. The van der Waals surface area contributed by atoms with Crippen molar-refractivity contribution in [3.63, 3.8) is 0 Å². The van der Waals surface area contributed by atoms with Crippen molar-refractivity contribution in [3.05, 3.63) is 78.1 Å². The first-order chi connectivity index (χ1) is 14.2. The maximum atomic E-state index is 13.2. The maximum Gasteiger partial charge on any atom is 0.151 e. The van der Waals surface area contributed by atoms with Gasteiger partial charge in [0.15, 0.2) is 5.82 Å². The lowest BCUT2D eigenvalue weighted by molar-refractivity contribution is 0.135. The van der Waals surface area contributed by atoms with Crippen molar-refractivity contribution >= 4 is 5.82 Å². The molecule has 150 valence electrons. The lowest BCUT2D eigenvalue weighted by atomic mass is 10.1. The molecule has 3 aromatic rings. The third-order valence-electron chi connectivity index (χ3n) is 5.41. The number of aliphatic hydroxyl groups excluding tert-OH is 1. The molecule has 0 bridgehead atoms. The van der Waals surface area contributed by atoms with E-state index in [9.17, 15) is 9.50 Å². The molecule has 2 heterocycles. The zero-order valence-corrected chi connectivity index (χ0v) is 16.3. The standard InChI is InChI=1S/C23H25FN4O/c24-20-8-6-18(7-9-20)16-27-13-14-28(17-21(27)12-15-29)23-11-10-22(25-26-23)19-4-2-1-3-5-19/h1-11,21,29H,12-17H2/t21-/m1/s1. The van der Waals surface area contributed by atoms with E-state index >= 15 is 0 Å². The predicted molar refractivity (Wildman–Crippen MR) is 112 cm³/mol. The summed E-state index contributed by atoms with van der Waals surface area (Å²) in [5.41, 5.74) is 2.99. The van der Waals surface area contributed by atoms with Gasteiger partial charge in [0.25, 0.3) is 0 Å². The molecule has 0 radical (unpaired) electrons. The van der Waals surface area contributed by atoms with Gasteiger partial charge in [-0.2, -0.15) is 0 Å². The lowest BCUT2D eigenvalue weighted by Gasteiger charge is -2.41. The first-order valence-corrected chi connectivity index (χ1v) is 9.96. The fourth-order valence-electron chi connectivity index (χ4n) is 3.81. The summed E-state index contributed by atoms with van der Waals surface area (Å²) < 4.78 is 13.2. The average molecular weight is 392 g/mol.